The van der Waals surface area contributed by atoms with E-state index in [-0.39, 0.29) is 18.4 Å². The quantitative estimate of drug-likeness (QED) is 0.832. The summed E-state index contributed by atoms with van der Waals surface area (Å²) in [5.74, 6) is -0.135. The second-order valence-corrected chi connectivity index (χ2v) is 4.91. The highest BCUT2D eigenvalue weighted by Gasteiger charge is 2.13. The van der Waals surface area contributed by atoms with Crippen molar-refractivity contribution in [2.75, 3.05) is 18.9 Å². The molecule has 0 saturated carbocycles. The van der Waals surface area contributed by atoms with Crippen LogP contribution in [0.5, 0.6) is 0 Å². The van der Waals surface area contributed by atoms with Gasteiger partial charge in [0.05, 0.1) is 6.54 Å². The normalized spacial score (nSPS) is 10.2. The molecular weight excluding hydrogens is 252 g/mol. The maximum atomic E-state index is 12.0. The molecule has 1 aromatic rings. The summed E-state index contributed by atoms with van der Waals surface area (Å²) in [5.41, 5.74) is 1.93. The van der Waals surface area contributed by atoms with Crippen molar-refractivity contribution in [1.82, 2.24) is 4.90 Å². The third-order valence-electron chi connectivity index (χ3n) is 3.22. The number of likely N-dealkylation sites (N-methyl/N-ethyl adjacent to an activating group) is 1. The Balaban J connectivity index is 2.53. The monoisotopic (exact) mass is 276 g/mol. The molecule has 0 saturated heterocycles. The largest absolute Gasteiger partial charge is 0.336 e. The summed E-state index contributed by atoms with van der Waals surface area (Å²) >= 11 is 0. The molecule has 0 atom stereocenters. The van der Waals surface area contributed by atoms with Crippen LogP contribution in [0.1, 0.15) is 38.7 Å². The fourth-order valence-electron chi connectivity index (χ4n) is 1.96. The first-order valence-electron chi connectivity index (χ1n) is 7.20. The Morgan fingerprint density at radius 2 is 1.90 bits per heavy atom. The molecule has 0 spiro atoms. The van der Waals surface area contributed by atoms with Gasteiger partial charge in [0, 0.05) is 19.2 Å². The highest BCUT2D eigenvalue weighted by molar-refractivity contribution is 5.95. The molecule has 4 nitrogen and oxygen atoms in total. The van der Waals surface area contributed by atoms with Crippen LogP contribution in [0.15, 0.2) is 24.3 Å². The lowest BCUT2D eigenvalue weighted by atomic mass is 10.1. The van der Waals surface area contributed by atoms with Crippen LogP contribution in [0, 0.1) is 0 Å². The van der Waals surface area contributed by atoms with Gasteiger partial charge in [-0.15, -0.1) is 0 Å². The van der Waals surface area contributed by atoms with Crippen molar-refractivity contribution in [3.05, 3.63) is 29.8 Å². The number of carbonyl (C=O) groups excluding carboxylic acids is 2. The number of hydrogen-bond donors (Lipinski definition) is 1. The third-order valence-corrected chi connectivity index (χ3v) is 3.22. The molecule has 0 unspecified atom stereocenters. The fourth-order valence-corrected chi connectivity index (χ4v) is 1.96. The Labute approximate surface area is 121 Å². The molecular formula is C16H24N2O2. The number of para-hydroxylation sites is 1. The van der Waals surface area contributed by atoms with E-state index in [1.165, 1.54) is 4.90 Å². The number of amides is 2. The van der Waals surface area contributed by atoms with Gasteiger partial charge in [-0.25, -0.2) is 0 Å². The lowest BCUT2D eigenvalue weighted by Crippen LogP contribution is -2.34. The van der Waals surface area contributed by atoms with Gasteiger partial charge in [-0.05, 0) is 24.5 Å². The van der Waals surface area contributed by atoms with Gasteiger partial charge in [-0.3, -0.25) is 9.59 Å². The molecule has 0 aromatic heterocycles. The van der Waals surface area contributed by atoms with E-state index in [9.17, 15) is 9.59 Å². The molecule has 110 valence electrons. The first-order chi connectivity index (χ1) is 9.58. The van der Waals surface area contributed by atoms with Gasteiger partial charge in [-0.1, -0.05) is 38.5 Å². The van der Waals surface area contributed by atoms with E-state index in [4.69, 9.17) is 0 Å². The van der Waals surface area contributed by atoms with E-state index < -0.39 is 0 Å². The number of carbonyl (C=O) groups is 2. The average Bonchev–Trinajstić information content (AvgIpc) is 2.45. The van der Waals surface area contributed by atoms with Gasteiger partial charge in [0.15, 0.2) is 0 Å². The highest BCUT2D eigenvalue weighted by atomic mass is 16.2. The van der Waals surface area contributed by atoms with Gasteiger partial charge >= 0.3 is 0 Å². The predicted molar refractivity (Wildman–Crippen MR) is 81.6 cm³/mol. The van der Waals surface area contributed by atoms with Crippen molar-refractivity contribution in [3.8, 4) is 0 Å². The van der Waals surface area contributed by atoms with Crippen LogP contribution in [-0.4, -0.2) is 30.3 Å². The number of rotatable bonds is 7. The van der Waals surface area contributed by atoms with Crippen molar-refractivity contribution >= 4 is 17.5 Å². The zero-order valence-electron chi connectivity index (χ0n) is 12.6. The Morgan fingerprint density at radius 3 is 2.55 bits per heavy atom. The number of aryl methyl sites for hydroxylation is 1. The van der Waals surface area contributed by atoms with E-state index in [0.717, 1.165) is 30.5 Å². The molecule has 0 radical (unpaired) electrons. The van der Waals surface area contributed by atoms with Crippen LogP contribution in [-0.2, 0) is 16.0 Å². The van der Waals surface area contributed by atoms with E-state index >= 15 is 0 Å². The van der Waals surface area contributed by atoms with Gasteiger partial charge in [0.25, 0.3) is 0 Å². The smallest absolute Gasteiger partial charge is 0.243 e. The zero-order valence-corrected chi connectivity index (χ0v) is 12.6. The predicted octanol–water partition coefficient (Wildman–Crippen LogP) is 2.84. The van der Waals surface area contributed by atoms with Crippen LogP contribution in [0.25, 0.3) is 0 Å². The maximum absolute atomic E-state index is 12.0. The molecule has 0 aliphatic rings. The van der Waals surface area contributed by atoms with E-state index in [1.807, 2.05) is 38.1 Å². The van der Waals surface area contributed by atoms with Crippen molar-refractivity contribution in [2.45, 2.75) is 39.5 Å². The number of anilines is 1. The molecule has 4 heteroatoms. The SMILES string of the molecule is CCCCC(=O)N(C)CC(=O)Nc1ccccc1CC. The van der Waals surface area contributed by atoms with Crippen molar-refractivity contribution in [2.24, 2.45) is 0 Å². The first-order valence-corrected chi connectivity index (χ1v) is 7.20. The summed E-state index contributed by atoms with van der Waals surface area (Å²) in [6.45, 7) is 4.19. The standard InChI is InChI=1S/C16H24N2O2/c1-4-6-11-16(20)18(3)12-15(19)17-14-10-8-7-9-13(14)5-2/h7-10H,4-6,11-12H2,1-3H3,(H,17,19). The maximum Gasteiger partial charge on any atom is 0.243 e. The number of benzene rings is 1. The molecule has 2 amide bonds. The van der Waals surface area contributed by atoms with Crippen LogP contribution in [0.2, 0.25) is 0 Å². The van der Waals surface area contributed by atoms with Gasteiger partial charge in [-0.2, -0.15) is 0 Å². The van der Waals surface area contributed by atoms with Crippen LogP contribution in [0.3, 0.4) is 0 Å². The summed E-state index contributed by atoms with van der Waals surface area (Å²) in [7, 11) is 1.67. The fraction of sp³-hybridized carbons (Fsp3) is 0.500. The minimum atomic E-state index is -0.154. The Morgan fingerprint density at radius 1 is 1.20 bits per heavy atom. The van der Waals surface area contributed by atoms with E-state index in [0.29, 0.717) is 6.42 Å². The van der Waals surface area contributed by atoms with Crippen molar-refractivity contribution in [1.29, 1.82) is 0 Å². The summed E-state index contributed by atoms with van der Waals surface area (Å²) in [5, 5.41) is 2.87. The minimum Gasteiger partial charge on any atom is -0.336 e. The number of unbranched alkanes of at least 4 members (excludes halogenated alkanes) is 1. The Bertz CT molecular complexity index is 458. The van der Waals surface area contributed by atoms with Crippen molar-refractivity contribution < 1.29 is 9.59 Å². The molecule has 20 heavy (non-hydrogen) atoms. The number of nitrogens with zero attached hydrogens (tertiary/aromatic N) is 1. The minimum absolute atomic E-state index is 0.0192. The van der Waals surface area contributed by atoms with Crippen LogP contribution >= 0.6 is 0 Å². The number of hydrogen-bond acceptors (Lipinski definition) is 2. The molecule has 1 rings (SSSR count). The van der Waals surface area contributed by atoms with Crippen LogP contribution in [0.4, 0.5) is 5.69 Å². The molecule has 0 aliphatic heterocycles. The summed E-state index contributed by atoms with van der Waals surface area (Å²) in [4.78, 5) is 25.2. The summed E-state index contributed by atoms with van der Waals surface area (Å²) < 4.78 is 0. The molecule has 0 heterocycles. The molecule has 0 aliphatic carbocycles. The topological polar surface area (TPSA) is 49.4 Å². The molecule has 1 aromatic carbocycles. The average molecular weight is 276 g/mol. The first kappa shape index (κ1) is 16.2. The van der Waals surface area contributed by atoms with Gasteiger partial charge in [0.2, 0.25) is 11.8 Å². The second kappa shape index (κ2) is 8.35. The summed E-state index contributed by atoms with van der Waals surface area (Å²) in [6.07, 6.45) is 3.21. The second-order valence-electron chi connectivity index (χ2n) is 4.91. The molecule has 1 N–H and O–H groups in total. The molecule has 0 bridgehead atoms. The zero-order chi connectivity index (χ0) is 15.0. The Kier molecular flexibility index (Phi) is 6.77. The third kappa shape index (κ3) is 5.03. The Hall–Kier alpha value is -1.84. The summed E-state index contributed by atoms with van der Waals surface area (Å²) in [6, 6.07) is 7.72. The van der Waals surface area contributed by atoms with Crippen LogP contribution < -0.4 is 5.32 Å². The van der Waals surface area contributed by atoms with Crippen molar-refractivity contribution in [3.63, 3.8) is 0 Å². The highest BCUT2D eigenvalue weighted by Crippen LogP contribution is 2.15. The van der Waals surface area contributed by atoms with E-state index in [2.05, 4.69) is 5.32 Å². The lowest BCUT2D eigenvalue weighted by molar-refractivity contribution is -0.133. The van der Waals surface area contributed by atoms with E-state index in [1.54, 1.807) is 7.05 Å². The molecule has 0 fully saturated rings. The number of nitrogens with one attached hydrogen (secondary N) is 1. The van der Waals surface area contributed by atoms with Gasteiger partial charge < -0.3 is 10.2 Å². The lowest BCUT2D eigenvalue weighted by Gasteiger charge is -2.17. The van der Waals surface area contributed by atoms with Gasteiger partial charge in [0.1, 0.15) is 0 Å².